The van der Waals surface area contributed by atoms with Crippen molar-refractivity contribution in [1.82, 2.24) is 5.16 Å². The second-order valence-electron chi connectivity index (χ2n) is 7.62. The zero-order chi connectivity index (χ0) is 23.9. The molecular formula is C24H24N4O6. The number of amides is 1. The predicted molar refractivity (Wildman–Crippen MR) is 127 cm³/mol. The topological polar surface area (TPSA) is 120 Å². The molecule has 1 fully saturated rings. The maximum absolute atomic E-state index is 12.2. The van der Waals surface area contributed by atoms with Gasteiger partial charge >= 0.3 is 5.69 Å². The lowest BCUT2D eigenvalue weighted by Gasteiger charge is -2.28. The zero-order valence-corrected chi connectivity index (χ0v) is 18.6. The van der Waals surface area contributed by atoms with Crippen LogP contribution in [0.3, 0.4) is 0 Å². The first-order valence-electron chi connectivity index (χ1n) is 10.7. The Hall–Kier alpha value is -4.18. The second-order valence-corrected chi connectivity index (χ2v) is 7.62. The van der Waals surface area contributed by atoms with E-state index in [2.05, 4.69) is 15.4 Å². The van der Waals surface area contributed by atoms with Crippen LogP contribution >= 0.6 is 0 Å². The highest BCUT2D eigenvalue weighted by molar-refractivity contribution is 5.92. The molecule has 3 aromatic rings. The highest BCUT2D eigenvalue weighted by atomic mass is 16.6. The van der Waals surface area contributed by atoms with E-state index in [1.807, 2.05) is 24.3 Å². The smallest absolute Gasteiger partial charge is 0.338 e. The van der Waals surface area contributed by atoms with Crippen LogP contribution in [0.4, 0.5) is 17.1 Å². The minimum Gasteiger partial charge on any atom is -0.484 e. The molecular weight excluding hydrogens is 440 g/mol. The molecule has 10 heteroatoms. The molecule has 2 aromatic carbocycles. The number of rotatable bonds is 8. The van der Waals surface area contributed by atoms with Crippen LogP contribution in [0.5, 0.6) is 5.75 Å². The number of nitro groups is 1. The molecule has 0 unspecified atom stereocenters. The molecule has 1 aliphatic heterocycles. The average molecular weight is 464 g/mol. The van der Waals surface area contributed by atoms with Gasteiger partial charge in [-0.3, -0.25) is 14.9 Å². The Balaban J connectivity index is 1.27. The van der Waals surface area contributed by atoms with Gasteiger partial charge in [0, 0.05) is 24.5 Å². The molecule has 0 aliphatic carbocycles. The number of aryl methyl sites for hydroxylation is 1. The van der Waals surface area contributed by atoms with Crippen molar-refractivity contribution in [3.8, 4) is 5.75 Å². The number of nitrogens with zero attached hydrogens (tertiary/aromatic N) is 3. The maximum Gasteiger partial charge on any atom is 0.338 e. The minimum absolute atomic E-state index is 0.0810. The van der Waals surface area contributed by atoms with Crippen LogP contribution in [0.1, 0.15) is 17.0 Å². The highest BCUT2D eigenvalue weighted by Gasteiger charge is 2.21. The number of anilines is 2. The summed E-state index contributed by atoms with van der Waals surface area (Å²) in [5, 5.41) is 17.5. The summed E-state index contributed by atoms with van der Waals surface area (Å²) in [5.74, 6) is 0.338. The summed E-state index contributed by atoms with van der Waals surface area (Å²) >= 11 is 0. The van der Waals surface area contributed by atoms with Crippen molar-refractivity contribution in [3.63, 3.8) is 0 Å². The Morgan fingerprint density at radius 1 is 1.15 bits per heavy atom. The molecule has 0 saturated carbocycles. The van der Waals surface area contributed by atoms with Crippen LogP contribution in [0, 0.1) is 17.0 Å². The van der Waals surface area contributed by atoms with Crippen molar-refractivity contribution in [2.24, 2.45) is 0 Å². The van der Waals surface area contributed by atoms with Crippen molar-refractivity contribution in [3.05, 3.63) is 75.7 Å². The number of aromatic nitrogens is 1. The molecule has 34 heavy (non-hydrogen) atoms. The number of nitrogens with one attached hydrogen (secondary N) is 1. The van der Waals surface area contributed by atoms with E-state index in [-0.39, 0.29) is 29.7 Å². The Morgan fingerprint density at radius 3 is 2.53 bits per heavy atom. The normalized spacial score (nSPS) is 13.7. The standard InChI is InChI=1S/C24H24N4O6/c1-17-24(28(30)31)22(34-26-17)11-4-18-2-9-21(10-3-18)33-16-23(29)25-19-5-7-20(8-6-19)27-12-14-32-15-13-27/h2-11H,12-16H2,1H3,(H,25,29). The molecule has 1 N–H and O–H groups in total. The number of carbonyl (C=O) groups is 1. The van der Waals surface area contributed by atoms with Gasteiger partial charge in [-0.25, -0.2) is 0 Å². The fraction of sp³-hybridized carbons (Fsp3) is 0.250. The lowest BCUT2D eigenvalue weighted by Crippen LogP contribution is -2.36. The summed E-state index contributed by atoms with van der Waals surface area (Å²) in [7, 11) is 0. The van der Waals surface area contributed by atoms with E-state index in [0.717, 1.165) is 37.6 Å². The molecule has 10 nitrogen and oxygen atoms in total. The van der Waals surface area contributed by atoms with Gasteiger partial charge in [-0.15, -0.1) is 0 Å². The van der Waals surface area contributed by atoms with Crippen LogP contribution in [0.15, 0.2) is 53.1 Å². The third kappa shape index (κ3) is 5.78. The quantitative estimate of drug-likeness (QED) is 0.393. The van der Waals surface area contributed by atoms with Gasteiger partial charge in [0.15, 0.2) is 12.3 Å². The van der Waals surface area contributed by atoms with Gasteiger partial charge in [-0.05, 0) is 55.0 Å². The van der Waals surface area contributed by atoms with Crippen LogP contribution < -0.4 is 15.0 Å². The predicted octanol–water partition coefficient (Wildman–Crippen LogP) is 3.92. The molecule has 0 bridgehead atoms. The monoisotopic (exact) mass is 464 g/mol. The molecule has 1 aromatic heterocycles. The van der Waals surface area contributed by atoms with Crippen LogP contribution in [0.25, 0.3) is 12.2 Å². The van der Waals surface area contributed by atoms with Crippen molar-refractivity contribution >= 4 is 35.1 Å². The number of benzene rings is 2. The van der Waals surface area contributed by atoms with E-state index in [9.17, 15) is 14.9 Å². The lowest BCUT2D eigenvalue weighted by atomic mass is 10.2. The zero-order valence-electron chi connectivity index (χ0n) is 18.6. The molecule has 0 spiro atoms. The van der Waals surface area contributed by atoms with Gasteiger partial charge in [-0.1, -0.05) is 23.4 Å². The number of carbonyl (C=O) groups excluding carboxylic acids is 1. The van der Waals surface area contributed by atoms with Gasteiger partial charge in [0.25, 0.3) is 5.91 Å². The van der Waals surface area contributed by atoms with Crippen LogP contribution in [-0.2, 0) is 9.53 Å². The SMILES string of the molecule is Cc1noc(C=Cc2ccc(OCC(=O)Nc3ccc(N4CCOCC4)cc3)cc2)c1[N+](=O)[O-]. The van der Waals surface area contributed by atoms with Crippen molar-refractivity contribution in [1.29, 1.82) is 0 Å². The summed E-state index contributed by atoms with van der Waals surface area (Å²) < 4.78 is 15.9. The van der Waals surface area contributed by atoms with E-state index < -0.39 is 4.92 Å². The first-order valence-corrected chi connectivity index (χ1v) is 10.7. The van der Waals surface area contributed by atoms with Gasteiger partial charge in [0.2, 0.25) is 5.76 Å². The Morgan fingerprint density at radius 2 is 1.85 bits per heavy atom. The largest absolute Gasteiger partial charge is 0.484 e. The van der Waals surface area contributed by atoms with E-state index in [1.54, 1.807) is 30.3 Å². The average Bonchev–Trinajstić information content (AvgIpc) is 3.23. The van der Waals surface area contributed by atoms with Crippen molar-refractivity contribution in [2.45, 2.75) is 6.92 Å². The van der Waals surface area contributed by atoms with Crippen LogP contribution in [0.2, 0.25) is 0 Å². The molecule has 0 radical (unpaired) electrons. The van der Waals surface area contributed by atoms with Crippen molar-refractivity contribution < 1.29 is 23.7 Å². The van der Waals surface area contributed by atoms with E-state index in [4.69, 9.17) is 14.0 Å². The van der Waals surface area contributed by atoms with E-state index in [0.29, 0.717) is 11.4 Å². The third-order valence-electron chi connectivity index (χ3n) is 5.24. The van der Waals surface area contributed by atoms with Gasteiger partial charge < -0.3 is 24.2 Å². The highest BCUT2D eigenvalue weighted by Crippen LogP contribution is 2.25. The third-order valence-corrected chi connectivity index (χ3v) is 5.24. The first-order chi connectivity index (χ1) is 16.5. The fourth-order valence-corrected chi connectivity index (χ4v) is 3.48. The molecule has 1 amide bonds. The lowest BCUT2D eigenvalue weighted by molar-refractivity contribution is -0.386. The van der Waals surface area contributed by atoms with Gasteiger partial charge in [-0.2, -0.15) is 0 Å². The number of morpholine rings is 1. The van der Waals surface area contributed by atoms with E-state index in [1.165, 1.54) is 13.0 Å². The summed E-state index contributed by atoms with van der Waals surface area (Å²) in [6.07, 6.45) is 3.16. The Labute approximate surface area is 195 Å². The number of ether oxygens (including phenoxy) is 2. The van der Waals surface area contributed by atoms with Crippen molar-refractivity contribution in [2.75, 3.05) is 43.1 Å². The summed E-state index contributed by atoms with van der Waals surface area (Å²) in [5.41, 5.74) is 2.64. The summed E-state index contributed by atoms with van der Waals surface area (Å²) in [4.78, 5) is 25.1. The summed E-state index contributed by atoms with van der Waals surface area (Å²) in [6, 6.07) is 14.6. The molecule has 2 heterocycles. The maximum atomic E-state index is 12.2. The number of hydrogen-bond donors (Lipinski definition) is 1. The molecule has 4 rings (SSSR count). The summed E-state index contributed by atoms with van der Waals surface area (Å²) in [6.45, 7) is 4.53. The number of hydrogen-bond acceptors (Lipinski definition) is 8. The molecule has 0 atom stereocenters. The Kier molecular flexibility index (Phi) is 7.19. The van der Waals surface area contributed by atoms with Gasteiger partial charge in [0.05, 0.1) is 18.1 Å². The van der Waals surface area contributed by atoms with E-state index >= 15 is 0 Å². The first kappa shape index (κ1) is 23.0. The van der Waals surface area contributed by atoms with Crippen LogP contribution in [-0.4, -0.2) is 48.9 Å². The Bertz CT molecular complexity index is 1170. The molecule has 176 valence electrons. The minimum atomic E-state index is -0.522. The molecule has 1 saturated heterocycles. The fourth-order valence-electron chi connectivity index (χ4n) is 3.48. The van der Waals surface area contributed by atoms with Gasteiger partial charge in [0.1, 0.15) is 5.75 Å². The molecule has 1 aliphatic rings. The second kappa shape index (κ2) is 10.6.